The summed E-state index contributed by atoms with van der Waals surface area (Å²) in [4.78, 5) is 10.1. The lowest BCUT2D eigenvalue weighted by atomic mass is 9.95. The van der Waals surface area contributed by atoms with E-state index in [9.17, 15) is 18.4 Å². The fourth-order valence-corrected chi connectivity index (χ4v) is 4.40. The van der Waals surface area contributed by atoms with E-state index in [1.165, 1.54) is 12.4 Å². The van der Waals surface area contributed by atoms with E-state index in [1.807, 2.05) is 42.7 Å². The second-order valence-electron chi connectivity index (χ2n) is 8.27. The Labute approximate surface area is 188 Å². The number of pyridine rings is 1. The molecule has 1 fully saturated rings. The molecule has 0 saturated carbocycles. The Hall–Kier alpha value is -3.80. The van der Waals surface area contributed by atoms with Crippen LogP contribution in [0, 0.1) is 17.2 Å². The standard InChI is InChI=1S/C24H21F3N6/c25-24(26,27)15-33-14-19(12-31-33)17-1-3-18(4-2-17)21-13-30-23-20(5-8-29-23)22(21)32-9-6-16(11-28)7-10-32/h1-5,8,12-14,16H,6-7,9-10,15H2,(H,29,30). The first-order valence-corrected chi connectivity index (χ1v) is 10.7. The van der Waals surface area contributed by atoms with Crippen molar-refractivity contribution < 1.29 is 13.2 Å². The number of halogens is 3. The molecule has 3 aromatic heterocycles. The number of nitriles is 1. The summed E-state index contributed by atoms with van der Waals surface area (Å²) in [5.74, 6) is 0.0887. The molecule has 0 spiro atoms. The van der Waals surface area contributed by atoms with Crippen LogP contribution in [-0.4, -0.2) is 39.0 Å². The van der Waals surface area contributed by atoms with E-state index < -0.39 is 12.7 Å². The van der Waals surface area contributed by atoms with Crippen LogP contribution in [0.25, 0.3) is 33.3 Å². The molecule has 4 heterocycles. The fourth-order valence-electron chi connectivity index (χ4n) is 4.40. The number of hydrogen-bond acceptors (Lipinski definition) is 4. The molecule has 6 nitrogen and oxygen atoms in total. The van der Waals surface area contributed by atoms with Crippen molar-refractivity contribution in [3.8, 4) is 28.3 Å². The second-order valence-corrected chi connectivity index (χ2v) is 8.27. The van der Waals surface area contributed by atoms with E-state index in [0.29, 0.717) is 5.56 Å². The van der Waals surface area contributed by atoms with E-state index in [-0.39, 0.29) is 5.92 Å². The Bertz CT molecular complexity index is 1300. The predicted molar refractivity (Wildman–Crippen MR) is 119 cm³/mol. The maximum atomic E-state index is 12.6. The van der Waals surface area contributed by atoms with Crippen LogP contribution in [0.4, 0.5) is 18.9 Å². The Kier molecular flexibility index (Phi) is 5.29. The average molecular weight is 450 g/mol. The summed E-state index contributed by atoms with van der Waals surface area (Å²) in [6.45, 7) is 0.483. The fraction of sp³-hybridized carbons (Fsp3) is 0.292. The van der Waals surface area contributed by atoms with Gasteiger partial charge in [0.2, 0.25) is 0 Å². The Morgan fingerprint density at radius 1 is 1.03 bits per heavy atom. The normalized spacial score (nSPS) is 15.2. The summed E-state index contributed by atoms with van der Waals surface area (Å²) in [6.07, 6.45) is 3.90. The second kappa shape index (κ2) is 8.28. The third kappa shape index (κ3) is 4.29. The maximum absolute atomic E-state index is 12.6. The van der Waals surface area contributed by atoms with Crippen LogP contribution >= 0.6 is 0 Å². The van der Waals surface area contributed by atoms with Crippen molar-refractivity contribution in [2.45, 2.75) is 25.6 Å². The summed E-state index contributed by atoms with van der Waals surface area (Å²) in [7, 11) is 0. The summed E-state index contributed by atoms with van der Waals surface area (Å²) < 4.78 is 38.8. The molecule has 1 aliphatic rings. The molecule has 4 aromatic rings. The van der Waals surface area contributed by atoms with E-state index in [0.717, 1.165) is 64.0 Å². The third-order valence-corrected chi connectivity index (χ3v) is 6.06. The van der Waals surface area contributed by atoms with Crippen molar-refractivity contribution in [3.63, 3.8) is 0 Å². The number of H-pyrrole nitrogens is 1. The number of nitrogens with zero attached hydrogens (tertiary/aromatic N) is 5. The van der Waals surface area contributed by atoms with Crippen LogP contribution in [0.3, 0.4) is 0 Å². The van der Waals surface area contributed by atoms with Gasteiger partial charge in [-0.1, -0.05) is 24.3 Å². The largest absolute Gasteiger partial charge is 0.408 e. The monoisotopic (exact) mass is 450 g/mol. The van der Waals surface area contributed by atoms with Gasteiger partial charge in [0.15, 0.2) is 0 Å². The molecule has 0 atom stereocenters. The van der Waals surface area contributed by atoms with Crippen LogP contribution in [-0.2, 0) is 6.54 Å². The molecule has 1 N–H and O–H groups in total. The van der Waals surface area contributed by atoms with Crippen molar-refractivity contribution in [1.29, 1.82) is 5.26 Å². The number of fused-ring (bicyclic) bond motifs is 1. The zero-order chi connectivity index (χ0) is 23.0. The van der Waals surface area contributed by atoms with Gasteiger partial charge in [-0.15, -0.1) is 0 Å². The molecule has 1 aromatic carbocycles. The van der Waals surface area contributed by atoms with E-state index in [2.05, 4.69) is 26.0 Å². The predicted octanol–water partition coefficient (Wildman–Crippen LogP) is 5.40. The number of piperidine rings is 1. The first-order valence-electron chi connectivity index (χ1n) is 10.7. The van der Waals surface area contributed by atoms with Gasteiger partial charge in [0, 0.05) is 54.1 Å². The van der Waals surface area contributed by atoms with Gasteiger partial charge in [-0.05, 0) is 30.0 Å². The molecular weight excluding hydrogens is 429 g/mol. The van der Waals surface area contributed by atoms with E-state index >= 15 is 0 Å². The average Bonchev–Trinajstić information content (AvgIpc) is 3.47. The highest BCUT2D eigenvalue weighted by Crippen LogP contribution is 2.38. The molecule has 5 rings (SSSR count). The van der Waals surface area contributed by atoms with Crippen molar-refractivity contribution in [2.75, 3.05) is 18.0 Å². The van der Waals surface area contributed by atoms with Crippen molar-refractivity contribution in [1.82, 2.24) is 19.7 Å². The lowest BCUT2D eigenvalue weighted by molar-refractivity contribution is -0.142. The van der Waals surface area contributed by atoms with Gasteiger partial charge >= 0.3 is 6.18 Å². The Balaban J connectivity index is 1.47. The highest BCUT2D eigenvalue weighted by Gasteiger charge is 2.28. The van der Waals surface area contributed by atoms with Gasteiger partial charge in [0.1, 0.15) is 12.2 Å². The van der Waals surface area contributed by atoms with Gasteiger partial charge in [0.05, 0.1) is 18.0 Å². The zero-order valence-corrected chi connectivity index (χ0v) is 17.7. The van der Waals surface area contributed by atoms with Crippen LogP contribution in [0.2, 0.25) is 0 Å². The van der Waals surface area contributed by atoms with Crippen LogP contribution in [0.15, 0.2) is 55.1 Å². The SMILES string of the molecule is N#CC1CCN(c2c(-c3ccc(-c4cnn(CC(F)(F)F)c4)cc3)cnc3[nH]ccc23)CC1. The van der Waals surface area contributed by atoms with Gasteiger partial charge in [-0.25, -0.2) is 4.98 Å². The molecular formula is C24H21F3N6. The molecule has 168 valence electrons. The molecule has 0 aliphatic carbocycles. The summed E-state index contributed by atoms with van der Waals surface area (Å²) >= 11 is 0. The highest BCUT2D eigenvalue weighted by molar-refractivity contribution is 5.99. The number of hydrogen-bond donors (Lipinski definition) is 1. The number of alkyl halides is 3. The summed E-state index contributed by atoms with van der Waals surface area (Å²) in [5, 5.41) is 14.1. The first-order chi connectivity index (χ1) is 15.9. The minimum absolute atomic E-state index is 0.0887. The minimum Gasteiger partial charge on any atom is -0.370 e. The van der Waals surface area contributed by atoms with Crippen molar-refractivity contribution >= 4 is 16.7 Å². The molecule has 33 heavy (non-hydrogen) atoms. The highest BCUT2D eigenvalue weighted by atomic mass is 19.4. The first kappa shape index (κ1) is 21.1. The van der Waals surface area contributed by atoms with Crippen molar-refractivity contribution in [2.24, 2.45) is 5.92 Å². The molecule has 1 aliphatic heterocycles. The van der Waals surface area contributed by atoms with E-state index in [1.54, 1.807) is 0 Å². The molecule has 0 bridgehead atoms. The summed E-state index contributed by atoms with van der Waals surface area (Å²) in [5.41, 5.74) is 5.27. The van der Waals surface area contributed by atoms with Crippen LogP contribution < -0.4 is 4.90 Å². The topological polar surface area (TPSA) is 73.5 Å². The van der Waals surface area contributed by atoms with Crippen LogP contribution in [0.5, 0.6) is 0 Å². The van der Waals surface area contributed by atoms with Gasteiger partial charge in [0.25, 0.3) is 0 Å². The zero-order valence-electron chi connectivity index (χ0n) is 17.7. The number of nitrogens with one attached hydrogen (secondary N) is 1. The van der Waals surface area contributed by atoms with Crippen molar-refractivity contribution in [3.05, 3.63) is 55.1 Å². The minimum atomic E-state index is -4.31. The third-order valence-electron chi connectivity index (χ3n) is 6.06. The molecule has 1 saturated heterocycles. The molecule has 0 amide bonds. The number of benzene rings is 1. The lowest BCUT2D eigenvalue weighted by Gasteiger charge is -2.33. The smallest absolute Gasteiger partial charge is 0.370 e. The number of rotatable bonds is 4. The molecule has 0 unspecified atom stereocenters. The number of aromatic amines is 1. The number of aromatic nitrogens is 4. The maximum Gasteiger partial charge on any atom is 0.408 e. The Morgan fingerprint density at radius 3 is 2.45 bits per heavy atom. The van der Waals surface area contributed by atoms with Gasteiger partial charge in [-0.2, -0.15) is 23.5 Å². The lowest BCUT2D eigenvalue weighted by Crippen LogP contribution is -2.33. The number of anilines is 1. The van der Waals surface area contributed by atoms with Crippen LogP contribution in [0.1, 0.15) is 12.8 Å². The van der Waals surface area contributed by atoms with Gasteiger partial charge < -0.3 is 9.88 Å². The molecule has 0 radical (unpaired) electrons. The van der Waals surface area contributed by atoms with Gasteiger partial charge in [-0.3, -0.25) is 4.68 Å². The molecule has 9 heteroatoms. The summed E-state index contributed by atoms with van der Waals surface area (Å²) in [6, 6.07) is 12.1. The Morgan fingerprint density at radius 2 is 1.76 bits per heavy atom. The quantitative estimate of drug-likeness (QED) is 0.452. The van der Waals surface area contributed by atoms with E-state index in [4.69, 9.17) is 0 Å².